The third-order valence-corrected chi connectivity index (χ3v) is 4.72. The zero-order chi connectivity index (χ0) is 22.4. The molecule has 2 heterocycles. The fourth-order valence-corrected chi connectivity index (χ4v) is 3.04. The molecule has 160 valence electrons. The second-order valence-electron chi connectivity index (χ2n) is 6.87. The van der Waals surface area contributed by atoms with E-state index in [9.17, 15) is 19.7 Å². The summed E-state index contributed by atoms with van der Waals surface area (Å²) in [4.78, 5) is 41.4. The lowest BCUT2D eigenvalue weighted by Gasteiger charge is -2.10. The Morgan fingerprint density at radius 3 is 2.65 bits per heavy atom. The molecule has 1 aromatic carbocycles. The first kappa shape index (κ1) is 21.7. The molecule has 0 aliphatic carbocycles. The molecule has 2 N–H and O–H groups in total. The molecule has 9 heteroatoms. The summed E-state index contributed by atoms with van der Waals surface area (Å²) in [6.45, 7) is 3.99. The summed E-state index contributed by atoms with van der Waals surface area (Å²) in [6, 6.07) is 13.0. The van der Waals surface area contributed by atoms with Crippen LogP contribution < -0.4 is 15.6 Å². The minimum Gasteiger partial charge on any atom is -0.391 e. The topological polar surface area (TPSA) is 127 Å². The van der Waals surface area contributed by atoms with Crippen molar-refractivity contribution >= 4 is 11.8 Å². The number of pyridine rings is 2. The summed E-state index contributed by atoms with van der Waals surface area (Å²) in [5.74, 6) is 0.133. The van der Waals surface area contributed by atoms with Crippen molar-refractivity contribution in [3.63, 3.8) is 0 Å². The Bertz CT molecular complexity index is 1160. The molecule has 0 aliphatic rings. The van der Waals surface area contributed by atoms with Crippen LogP contribution in [0.1, 0.15) is 23.7 Å². The van der Waals surface area contributed by atoms with Crippen LogP contribution in [0.4, 0.5) is 10.5 Å². The predicted molar refractivity (Wildman–Crippen MR) is 115 cm³/mol. The van der Waals surface area contributed by atoms with Gasteiger partial charge in [-0.1, -0.05) is 25.1 Å². The van der Waals surface area contributed by atoms with Crippen LogP contribution in [0.15, 0.2) is 53.3 Å². The first-order valence-electron chi connectivity index (χ1n) is 9.76. The number of benzene rings is 1. The second-order valence-corrected chi connectivity index (χ2v) is 6.87. The van der Waals surface area contributed by atoms with Crippen molar-refractivity contribution in [1.29, 1.82) is 0 Å². The molecular weight excluding hydrogens is 400 g/mol. The highest BCUT2D eigenvalue weighted by molar-refractivity contribution is 5.70. The number of amides is 1. The largest absolute Gasteiger partial charge is 0.413 e. The van der Waals surface area contributed by atoms with E-state index in [1.165, 1.54) is 12.1 Å². The second kappa shape index (κ2) is 9.66. The molecule has 1 amide bonds. The van der Waals surface area contributed by atoms with Gasteiger partial charge >= 0.3 is 6.09 Å². The Labute approximate surface area is 178 Å². The van der Waals surface area contributed by atoms with Gasteiger partial charge < -0.3 is 15.0 Å². The van der Waals surface area contributed by atoms with Crippen LogP contribution >= 0.6 is 0 Å². The first-order valence-corrected chi connectivity index (χ1v) is 9.76. The lowest BCUT2D eigenvalue weighted by atomic mass is 10.1. The van der Waals surface area contributed by atoms with Gasteiger partial charge in [-0.15, -0.1) is 0 Å². The first-order chi connectivity index (χ1) is 14.9. The van der Waals surface area contributed by atoms with Crippen LogP contribution in [0.5, 0.6) is 5.88 Å². The summed E-state index contributed by atoms with van der Waals surface area (Å²) in [5.41, 5.74) is 3.43. The van der Waals surface area contributed by atoms with Crippen molar-refractivity contribution in [3.8, 4) is 17.1 Å². The average Bonchev–Trinajstić information content (AvgIpc) is 2.74. The van der Waals surface area contributed by atoms with Crippen LogP contribution in [0.3, 0.4) is 0 Å². The number of aromatic amines is 1. The number of nitro benzene ring substituents is 1. The monoisotopic (exact) mass is 422 g/mol. The summed E-state index contributed by atoms with van der Waals surface area (Å²) < 4.78 is 5.26. The number of aryl methyl sites for hydroxylation is 2. The maximum absolute atomic E-state index is 12.1. The number of hydrogen-bond acceptors (Lipinski definition) is 6. The number of H-pyrrole nitrogens is 1. The highest BCUT2D eigenvalue weighted by Gasteiger charge is 2.11. The van der Waals surface area contributed by atoms with Gasteiger partial charge in [0.2, 0.25) is 5.88 Å². The molecule has 3 rings (SSSR count). The summed E-state index contributed by atoms with van der Waals surface area (Å²) in [5, 5.41) is 13.3. The lowest BCUT2D eigenvalue weighted by molar-refractivity contribution is -0.384. The molecule has 0 aliphatic heterocycles. The van der Waals surface area contributed by atoms with Crippen molar-refractivity contribution < 1.29 is 14.5 Å². The smallest absolute Gasteiger partial charge is 0.391 e. The fourth-order valence-electron chi connectivity index (χ4n) is 3.04. The molecule has 0 unspecified atom stereocenters. The number of carbonyl (C=O) groups is 1. The van der Waals surface area contributed by atoms with Gasteiger partial charge in [0.05, 0.1) is 10.6 Å². The van der Waals surface area contributed by atoms with E-state index in [1.54, 1.807) is 43.3 Å². The minimum absolute atomic E-state index is 0.0193. The summed E-state index contributed by atoms with van der Waals surface area (Å²) in [7, 11) is 0. The zero-order valence-electron chi connectivity index (χ0n) is 17.2. The van der Waals surface area contributed by atoms with Crippen molar-refractivity contribution in [2.24, 2.45) is 0 Å². The summed E-state index contributed by atoms with van der Waals surface area (Å²) in [6.07, 6.45) is 0.436. The number of ether oxygens (including phenoxy) is 1. The number of nitrogens with zero attached hydrogens (tertiary/aromatic N) is 2. The molecule has 0 bridgehead atoms. The Morgan fingerprint density at radius 1 is 1.23 bits per heavy atom. The van der Waals surface area contributed by atoms with Crippen molar-refractivity contribution in [2.45, 2.75) is 26.7 Å². The van der Waals surface area contributed by atoms with Crippen molar-refractivity contribution in [1.82, 2.24) is 15.3 Å². The Kier molecular flexibility index (Phi) is 6.76. The normalized spacial score (nSPS) is 10.5. The maximum Gasteiger partial charge on any atom is 0.413 e. The third-order valence-electron chi connectivity index (χ3n) is 4.72. The van der Waals surface area contributed by atoms with Gasteiger partial charge in [-0.2, -0.15) is 0 Å². The van der Waals surface area contributed by atoms with E-state index >= 15 is 0 Å². The molecule has 0 atom stereocenters. The van der Waals surface area contributed by atoms with E-state index in [4.69, 9.17) is 4.74 Å². The number of carbonyl (C=O) groups excluding carboxylic acids is 1. The molecule has 0 saturated heterocycles. The molecule has 0 fully saturated rings. The third kappa shape index (κ3) is 5.53. The number of nitrogens with one attached hydrogen (secondary N) is 2. The van der Waals surface area contributed by atoms with E-state index in [0.717, 1.165) is 11.1 Å². The number of aromatic nitrogens is 2. The van der Waals surface area contributed by atoms with E-state index < -0.39 is 11.0 Å². The fraction of sp³-hybridized carbons (Fsp3) is 0.227. The number of non-ortho nitro benzene ring substituents is 1. The standard InChI is InChI=1S/C22H22N4O5/c1-3-16-13-18(14(2)24-21(16)27)19-5-4-6-20(25-19)31-22(28)23-12-11-15-7-9-17(10-8-15)26(29)30/h4-10,13H,3,11-12H2,1-2H3,(H,23,28)(H,24,27). The highest BCUT2D eigenvalue weighted by atomic mass is 16.6. The highest BCUT2D eigenvalue weighted by Crippen LogP contribution is 2.22. The van der Waals surface area contributed by atoms with Crippen molar-refractivity contribution in [2.75, 3.05) is 6.54 Å². The van der Waals surface area contributed by atoms with Crippen LogP contribution in [0.25, 0.3) is 11.3 Å². The predicted octanol–water partition coefficient (Wildman–Crippen LogP) is 3.55. The van der Waals surface area contributed by atoms with Gasteiger partial charge in [-0.05, 0) is 37.5 Å². The van der Waals surface area contributed by atoms with Crippen molar-refractivity contribution in [3.05, 3.63) is 85.8 Å². The molecule has 31 heavy (non-hydrogen) atoms. The van der Waals surface area contributed by atoms with Gasteiger partial charge in [-0.25, -0.2) is 9.78 Å². The number of hydrogen-bond donors (Lipinski definition) is 2. The average molecular weight is 422 g/mol. The minimum atomic E-state index is -0.654. The van der Waals surface area contributed by atoms with Gasteiger partial charge in [0.25, 0.3) is 11.2 Å². The van der Waals surface area contributed by atoms with E-state index in [2.05, 4.69) is 15.3 Å². The van der Waals surface area contributed by atoms with E-state index in [1.807, 2.05) is 6.92 Å². The number of rotatable bonds is 7. The molecule has 9 nitrogen and oxygen atoms in total. The van der Waals surface area contributed by atoms with E-state index in [-0.39, 0.29) is 17.1 Å². The van der Waals surface area contributed by atoms with Gasteiger partial charge in [0.1, 0.15) is 0 Å². The molecule has 0 saturated carbocycles. The lowest BCUT2D eigenvalue weighted by Crippen LogP contribution is -2.29. The van der Waals surface area contributed by atoms with Crippen LogP contribution in [-0.2, 0) is 12.8 Å². The molecule has 0 radical (unpaired) electrons. The Hall–Kier alpha value is -4.01. The molecule has 2 aromatic heterocycles. The molecule has 0 spiro atoms. The van der Waals surface area contributed by atoms with Gasteiger partial charge in [-0.3, -0.25) is 14.9 Å². The van der Waals surface area contributed by atoms with Gasteiger partial charge in [0, 0.05) is 41.6 Å². The maximum atomic E-state index is 12.1. The van der Waals surface area contributed by atoms with Crippen LogP contribution in [-0.4, -0.2) is 27.5 Å². The SMILES string of the molecule is CCc1cc(-c2cccc(OC(=O)NCCc3ccc([N+](=O)[O-])cc3)n2)c(C)[nH]c1=O. The van der Waals surface area contributed by atoms with Crippen LogP contribution in [0, 0.1) is 17.0 Å². The van der Waals surface area contributed by atoms with E-state index in [0.29, 0.717) is 36.3 Å². The zero-order valence-corrected chi connectivity index (χ0v) is 17.2. The molecular formula is C22H22N4O5. The Balaban J connectivity index is 1.61. The summed E-state index contributed by atoms with van der Waals surface area (Å²) >= 11 is 0. The van der Waals surface area contributed by atoms with Crippen LogP contribution in [0.2, 0.25) is 0 Å². The molecule has 3 aromatic rings. The van der Waals surface area contributed by atoms with Gasteiger partial charge in [0.15, 0.2) is 0 Å². The Morgan fingerprint density at radius 2 is 1.97 bits per heavy atom. The quantitative estimate of drug-likeness (QED) is 0.443. The number of nitro groups is 1.